The predicted octanol–water partition coefficient (Wildman–Crippen LogP) is 14.0. The Hall–Kier alpha value is -7.36. The number of aromatic nitrogens is 2. The maximum Gasteiger partial charge on any atom is 0.161 e. The van der Waals surface area contributed by atoms with Gasteiger partial charge in [-0.2, -0.15) is 0 Å². The first kappa shape index (κ1) is 32.3. The van der Waals surface area contributed by atoms with Crippen molar-refractivity contribution < 1.29 is 4.42 Å². The summed E-state index contributed by atoms with van der Waals surface area (Å²) in [5.41, 5.74) is 15.8. The average molecular weight is 703 g/mol. The molecule has 0 atom stereocenters. The minimum Gasteiger partial charge on any atom is -0.456 e. The van der Waals surface area contributed by atoms with Gasteiger partial charge in [-0.25, -0.2) is 9.97 Å². The van der Waals surface area contributed by atoms with Crippen LogP contribution < -0.4 is 0 Å². The van der Waals surface area contributed by atoms with Crippen LogP contribution in [0.4, 0.5) is 0 Å². The van der Waals surface area contributed by atoms with Crippen molar-refractivity contribution in [3.05, 3.63) is 206 Å². The molecule has 0 unspecified atom stereocenters. The van der Waals surface area contributed by atoms with Gasteiger partial charge in [-0.05, 0) is 87.0 Å². The van der Waals surface area contributed by atoms with Gasteiger partial charge in [0.25, 0.3) is 0 Å². The summed E-state index contributed by atoms with van der Waals surface area (Å²) in [5.74, 6) is 0.663. The average Bonchev–Trinajstić information content (AvgIpc) is 3.66. The molecule has 10 aromatic rings. The monoisotopic (exact) mass is 702 g/mol. The Morgan fingerprint density at radius 3 is 1.24 bits per heavy atom. The summed E-state index contributed by atoms with van der Waals surface area (Å²) in [6.07, 6.45) is 0. The first-order valence-electron chi connectivity index (χ1n) is 18.6. The molecular weight excluding hydrogens is 669 g/mol. The predicted molar refractivity (Wildman–Crippen MR) is 227 cm³/mol. The lowest BCUT2D eigenvalue weighted by Crippen LogP contribution is -1.96. The number of fused-ring (bicyclic) bond motifs is 3. The molecule has 0 N–H and O–H groups in total. The number of hydrogen-bond acceptors (Lipinski definition) is 3. The van der Waals surface area contributed by atoms with E-state index in [1.807, 2.05) is 48.5 Å². The van der Waals surface area contributed by atoms with Crippen LogP contribution in [-0.4, -0.2) is 9.97 Å². The molecule has 55 heavy (non-hydrogen) atoms. The number of furan rings is 1. The number of rotatable bonds is 7. The fourth-order valence-electron chi connectivity index (χ4n) is 7.52. The maximum absolute atomic E-state index is 6.45. The highest BCUT2D eigenvalue weighted by molar-refractivity contribution is 6.12. The molecule has 0 spiro atoms. The Kier molecular flexibility index (Phi) is 8.16. The highest BCUT2D eigenvalue weighted by Crippen LogP contribution is 2.40. The maximum atomic E-state index is 6.45. The fraction of sp³-hybridized carbons (Fsp3) is 0. The Balaban J connectivity index is 1.06. The molecule has 0 saturated carbocycles. The van der Waals surface area contributed by atoms with Crippen molar-refractivity contribution in [2.45, 2.75) is 0 Å². The van der Waals surface area contributed by atoms with Crippen LogP contribution in [0, 0.1) is 0 Å². The molecule has 2 heterocycles. The Labute approximate surface area is 319 Å². The summed E-state index contributed by atoms with van der Waals surface area (Å²) < 4.78 is 6.45. The second kappa shape index (κ2) is 13.9. The first-order chi connectivity index (χ1) is 27.2. The van der Waals surface area contributed by atoms with Crippen molar-refractivity contribution in [3.8, 4) is 78.4 Å². The van der Waals surface area contributed by atoms with E-state index in [4.69, 9.17) is 14.4 Å². The highest BCUT2D eigenvalue weighted by Gasteiger charge is 2.18. The summed E-state index contributed by atoms with van der Waals surface area (Å²) >= 11 is 0. The fourth-order valence-corrected chi connectivity index (χ4v) is 7.52. The molecule has 2 aromatic heterocycles. The van der Waals surface area contributed by atoms with Crippen molar-refractivity contribution in [2.24, 2.45) is 0 Å². The van der Waals surface area contributed by atoms with Gasteiger partial charge in [0.05, 0.1) is 11.4 Å². The smallest absolute Gasteiger partial charge is 0.161 e. The third-order valence-electron chi connectivity index (χ3n) is 10.3. The minimum atomic E-state index is 0.663. The van der Waals surface area contributed by atoms with E-state index in [0.717, 1.165) is 61.1 Å². The largest absolute Gasteiger partial charge is 0.456 e. The van der Waals surface area contributed by atoms with Gasteiger partial charge in [0, 0.05) is 27.5 Å². The molecule has 10 rings (SSSR count). The summed E-state index contributed by atoms with van der Waals surface area (Å²) in [4.78, 5) is 10.3. The summed E-state index contributed by atoms with van der Waals surface area (Å²) in [6.45, 7) is 0. The van der Waals surface area contributed by atoms with E-state index < -0.39 is 0 Å². The number of benzene rings is 8. The van der Waals surface area contributed by atoms with Gasteiger partial charge >= 0.3 is 0 Å². The van der Waals surface area contributed by atoms with Crippen LogP contribution in [0.25, 0.3) is 100 Å². The van der Waals surface area contributed by atoms with Gasteiger partial charge in [-0.3, -0.25) is 0 Å². The lowest BCUT2D eigenvalue weighted by Gasteiger charge is -2.12. The molecule has 0 saturated heterocycles. The van der Waals surface area contributed by atoms with E-state index in [1.165, 1.54) is 33.4 Å². The van der Waals surface area contributed by atoms with Crippen LogP contribution in [0.5, 0.6) is 0 Å². The van der Waals surface area contributed by atoms with Crippen molar-refractivity contribution in [2.75, 3.05) is 0 Å². The van der Waals surface area contributed by atoms with Crippen LogP contribution >= 0.6 is 0 Å². The molecule has 0 aliphatic carbocycles. The first-order valence-corrected chi connectivity index (χ1v) is 18.6. The van der Waals surface area contributed by atoms with E-state index in [2.05, 4.69) is 158 Å². The van der Waals surface area contributed by atoms with Crippen LogP contribution in [-0.2, 0) is 0 Å². The van der Waals surface area contributed by atoms with Crippen molar-refractivity contribution in [1.82, 2.24) is 9.97 Å². The topological polar surface area (TPSA) is 38.9 Å². The van der Waals surface area contributed by atoms with Crippen LogP contribution in [0.2, 0.25) is 0 Å². The zero-order valence-electron chi connectivity index (χ0n) is 29.9. The third kappa shape index (κ3) is 6.28. The van der Waals surface area contributed by atoms with E-state index in [-0.39, 0.29) is 0 Å². The van der Waals surface area contributed by atoms with Crippen molar-refractivity contribution in [1.29, 1.82) is 0 Å². The second-order valence-corrected chi connectivity index (χ2v) is 13.8. The molecule has 0 aliphatic rings. The van der Waals surface area contributed by atoms with Gasteiger partial charge in [-0.15, -0.1) is 0 Å². The molecule has 0 fully saturated rings. The Morgan fingerprint density at radius 1 is 0.291 bits per heavy atom. The lowest BCUT2D eigenvalue weighted by molar-refractivity contribution is 0.669. The van der Waals surface area contributed by atoms with Gasteiger partial charge < -0.3 is 4.42 Å². The second-order valence-electron chi connectivity index (χ2n) is 13.8. The van der Waals surface area contributed by atoms with Gasteiger partial charge in [0.15, 0.2) is 5.82 Å². The number of nitrogens with zero attached hydrogens (tertiary/aromatic N) is 2. The zero-order chi connectivity index (χ0) is 36.6. The third-order valence-corrected chi connectivity index (χ3v) is 10.3. The summed E-state index contributed by atoms with van der Waals surface area (Å²) in [7, 11) is 0. The van der Waals surface area contributed by atoms with E-state index in [1.54, 1.807) is 0 Å². The molecule has 0 bridgehead atoms. The molecule has 258 valence electrons. The Bertz CT molecular complexity index is 2820. The van der Waals surface area contributed by atoms with E-state index in [0.29, 0.717) is 5.82 Å². The van der Waals surface area contributed by atoms with E-state index >= 15 is 0 Å². The minimum absolute atomic E-state index is 0.663. The van der Waals surface area contributed by atoms with Crippen LogP contribution in [0.3, 0.4) is 0 Å². The molecule has 8 aromatic carbocycles. The van der Waals surface area contributed by atoms with Gasteiger partial charge in [-0.1, -0.05) is 164 Å². The number of hydrogen-bond donors (Lipinski definition) is 0. The lowest BCUT2D eigenvalue weighted by atomic mass is 9.92. The Morgan fingerprint density at radius 2 is 0.727 bits per heavy atom. The summed E-state index contributed by atoms with van der Waals surface area (Å²) in [5, 5.41) is 2.04. The molecule has 0 aliphatic heterocycles. The van der Waals surface area contributed by atoms with Crippen LogP contribution in [0.15, 0.2) is 211 Å². The SMILES string of the molecule is c1ccc(-c2cc(-c3ccccc3)cc(-c3ccc(-c4ccc5oc6cccc(-c7nc(-c8ccccc8)cc(-c8ccccc8)n7)c6c5c4)cc3)c2)cc1. The van der Waals surface area contributed by atoms with Gasteiger partial charge in [0.1, 0.15) is 11.2 Å². The molecule has 0 amide bonds. The normalized spacial score (nSPS) is 11.3. The van der Waals surface area contributed by atoms with E-state index in [9.17, 15) is 0 Å². The van der Waals surface area contributed by atoms with Gasteiger partial charge in [0.2, 0.25) is 0 Å². The molecule has 0 radical (unpaired) electrons. The molecule has 3 nitrogen and oxygen atoms in total. The molecular formula is C52H34N2O. The zero-order valence-corrected chi connectivity index (χ0v) is 29.9. The molecule has 3 heteroatoms. The van der Waals surface area contributed by atoms with Crippen LogP contribution in [0.1, 0.15) is 0 Å². The van der Waals surface area contributed by atoms with Crippen molar-refractivity contribution in [3.63, 3.8) is 0 Å². The quantitative estimate of drug-likeness (QED) is 0.166. The summed E-state index contributed by atoms with van der Waals surface area (Å²) in [6, 6.07) is 72.2. The highest BCUT2D eigenvalue weighted by atomic mass is 16.3. The van der Waals surface area contributed by atoms with Crippen molar-refractivity contribution >= 4 is 21.9 Å². The standard InChI is InChI=1S/C52H34N2O/c1-5-14-35(15-6-1)42-30-43(36-16-7-2-8-17-36)32-44(31-42)38-26-24-37(25-27-38)41-28-29-49-46(33-41)51-45(22-13-23-50(51)55-49)52-53-47(39-18-9-3-10-19-39)34-48(54-52)40-20-11-4-12-21-40/h1-34H.